The van der Waals surface area contributed by atoms with Crippen LogP contribution >= 0.6 is 0 Å². The summed E-state index contributed by atoms with van der Waals surface area (Å²) >= 11 is 0. The van der Waals surface area contributed by atoms with E-state index in [4.69, 9.17) is 0 Å². The SMILES string of the molecule is CCCCc1ccc(NC(=O)CN(c2cccc(F)c2)S(C)(=O)=O)cc1. The highest BCUT2D eigenvalue weighted by atomic mass is 32.2. The molecular formula is C19H23FN2O3S. The third-order valence-corrected chi connectivity index (χ3v) is 4.98. The van der Waals surface area contributed by atoms with Crippen molar-refractivity contribution in [2.45, 2.75) is 26.2 Å². The summed E-state index contributed by atoms with van der Waals surface area (Å²) in [5.41, 5.74) is 1.88. The minimum atomic E-state index is -3.73. The summed E-state index contributed by atoms with van der Waals surface area (Å²) in [5, 5.41) is 2.67. The zero-order chi connectivity index (χ0) is 19.2. The van der Waals surface area contributed by atoms with Gasteiger partial charge in [0, 0.05) is 5.69 Å². The number of carbonyl (C=O) groups excluding carboxylic acids is 1. The van der Waals surface area contributed by atoms with Crippen LogP contribution in [0.3, 0.4) is 0 Å². The maximum absolute atomic E-state index is 13.4. The first-order valence-electron chi connectivity index (χ1n) is 8.41. The first-order valence-corrected chi connectivity index (χ1v) is 10.3. The molecule has 2 aromatic carbocycles. The molecule has 0 aliphatic carbocycles. The van der Waals surface area contributed by atoms with E-state index >= 15 is 0 Å². The van der Waals surface area contributed by atoms with E-state index in [0.717, 1.165) is 35.9 Å². The van der Waals surface area contributed by atoms with E-state index in [1.807, 2.05) is 12.1 Å². The van der Waals surface area contributed by atoms with Gasteiger partial charge in [0.05, 0.1) is 11.9 Å². The van der Waals surface area contributed by atoms with Gasteiger partial charge in [-0.25, -0.2) is 12.8 Å². The molecule has 1 N–H and O–H groups in total. The fourth-order valence-corrected chi connectivity index (χ4v) is 3.35. The molecule has 0 aliphatic heterocycles. The molecule has 5 nitrogen and oxygen atoms in total. The summed E-state index contributed by atoms with van der Waals surface area (Å²) in [6.45, 7) is 1.70. The molecule has 1 amide bonds. The van der Waals surface area contributed by atoms with Crippen LogP contribution in [0, 0.1) is 5.82 Å². The van der Waals surface area contributed by atoms with Crippen molar-refractivity contribution in [1.29, 1.82) is 0 Å². The molecule has 0 heterocycles. The van der Waals surface area contributed by atoms with Crippen molar-refractivity contribution in [2.75, 3.05) is 22.4 Å². The van der Waals surface area contributed by atoms with Gasteiger partial charge in [-0.05, 0) is 48.7 Å². The molecule has 0 spiro atoms. The topological polar surface area (TPSA) is 66.5 Å². The highest BCUT2D eigenvalue weighted by molar-refractivity contribution is 7.92. The third kappa shape index (κ3) is 5.84. The highest BCUT2D eigenvalue weighted by Gasteiger charge is 2.21. The molecule has 0 saturated heterocycles. The molecule has 0 radical (unpaired) electrons. The van der Waals surface area contributed by atoms with Crippen molar-refractivity contribution in [3.8, 4) is 0 Å². The number of aryl methyl sites for hydroxylation is 1. The maximum atomic E-state index is 13.4. The number of unbranched alkanes of at least 4 members (excludes halogenated alkanes) is 1. The van der Waals surface area contributed by atoms with Gasteiger partial charge in [-0.3, -0.25) is 9.10 Å². The highest BCUT2D eigenvalue weighted by Crippen LogP contribution is 2.19. The third-order valence-electron chi connectivity index (χ3n) is 3.84. The fourth-order valence-electron chi connectivity index (χ4n) is 2.50. The zero-order valence-electron chi connectivity index (χ0n) is 14.9. The summed E-state index contributed by atoms with van der Waals surface area (Å²) in [4.78, 5) is 12.3. The first-order chi connectivity index (χ1) is 12.3. The van der Waals surface area contributed by atoms with E-state index in [-0.39, 0.29) is 5.69 Å². The van der Waals surface area contributed by atoms with E-state index in [1.54, 1.807) is 12.1 Å². The Morgan fingerprint density at radius 1 is 1.15 bits per heavy atom. The van der Waals surface area contributed by atoms with Crippen LogP contribution in [0.25, 0.3) is 0 Å². The number of amides is 1. The van der Waals surface area contributed by atoms with Gasteiger partial charge in [0.2, 0.25) is 15.9 Å². The number of hydrogen-bond acceptors (Lipinski definition) is 3. The first kappa shape index (κ1) is 19.9. The molecule has 0 aromatic heterocycles. The summed E-state index contributed by atoms with van der Waals surface area (Å²) in [5.74, 6) is -1.07. The van der Waals surface area contributed by atoms with Crippen LogP contribution in [0.2, 0.25) is 0 Å². The number of anilines is 2. The van der Waals surface area contributed by atoms with E-state index in [0.29, 0.717) is 5.69 Å². The second-order valence-corrected chi connectivity index (χ2v) is 8.00. The lowest BCUT2D eigenvalue weighted by atomic mass is 10.1. The normalized spacial score (nSPS) is 11.2. The number of halogens is 1. The van der Waals surface area contributed by atoms with E-state index < -0.39 is 28.3 Å². The smallest absolute Gasteiger partial charge is 0.245 e. The molecule has 0 atom stereocenters. The second-order valence-electron chi connectivity index (χ2n) is 6.10. The average Bonchev–Trinajstić information content (AvgIpc) is 2.58. The minimum Gasteiger partial charge on any atom is -0.325 e. The van der Waals surface area contributed by atoms with Crippen molar-refractivity contribution in [3.05, 3.63) is 59.9 Å². The Morgan fingerprint density at radius 2 is 1.85 bits per heavy atom. The Morgan fingerprint density at radius 3 is 2.42 bits per heavy atom. The molecule has 0 aliphatic rings. The quantitative estimate of drug-likeness (QED) is 0.764. The molecule has 7 heteroatoms. The van der Waals surface area contributed by atoms with Gasteiger partial charge in [0.15, 0.2) is 0 Å². The van der Waals surface area contributed by atoms with Crippen LogP contribution in [0.5, 0.6) is 0 Å². The minimum absolute atomic E-state index is 0.109. The monoisotopic (exact) mass is 378 g/mol. The molecule has 2 aromatic rings. The second kappa shape index (κ2) is 8.80. The Hall–Kier alpha value is -2.41. The van der Waals surface area contributed by atoms with Crippen LogP contribution in [-0.2, 0) is 21.2 Å². The molecule has 0 unspecified atom stereocenters. The van der Waals surface area contributed by atoms with E-state index in [2.05, 4.69) is 12.2 Å². The van der Waals surface area contributed by atoms with Crippen molar-refractivity contribution >= 4 is 27.3 Å². The number of carbonyl (C=O) groups is 1. The molecular weight excluding hydrogens is 355 g/mol. The van der Waals surface area contributed by atoms with Gasteiger partial charge >= 0.3 is 0 Å². The lowest BCUT2D eigenvalue weighted by molar-refractivity contribution is -0.114. The van der Waals surface area contributed by atoms with Crippen LogP contribution < -0.4 is 9.62 Å². The van der Waals surface area contributed by atoms with Crippen molar-refractivity contribution < 1.29 is 17.6 Å². The Bertz CT molecular complexity index is 851. The molecule has 140 valence electrons. The standard InChI is InChI=1S/C19H23FN2O3S/c1-3-4-6-15-9-11-17(12-10-15)21-19(23)14-22(26(2,24)25)18-8-5-7-16(20)13-18/h5,7-13H,3-4,6,14H2,1-2H3,(H,21,23). The Labute approximate surface area is 153 Å². The lowest BCUT2D eigenvalue weighted by Gasteiger charge is -2.22. The number of sulfonamides is 1. The van der Waals surface area contributed by atoms with Crippen molar-refractivity contribution in [3.63, 3.8) is 0 Å². The number of rotatable bonds is 8. The molecule has 0 bridgehead atoms. The van der Waals surface area contributed by atoms with Crippen LogP contribution in [0.1, 0.15) is 25.3 Å². The molecule has 0 saturated carbocycles. The van der Waals surface area contributed by atoms with Crippen LogP contribution in [-0.4, -0.2) is 27.1 Å². The molecule has 0 fully saturated rings. The molecule has 26 heavy (non-hydrogen) atoms. The van der Waals surface area contributed by atoms with E-state index in [1.165, 1.54) is 23.8 Å². The van der Waals surface area contributed by atoms with Gasteiger partial charge in [0.1, 0.15) is 12.4 Å². The summed E-state index contributed by atoms with van der Waals surface area (Å²) in [7, 11) is -3.73. The van der Waals surface area contributed by atoms with Gasteiger partial charge < -0.3 is 5.32 Å². The number of nitrogens with zero attached hydrogens (tertiary/aromatic N) is 1. The van der Waals surface area contributed by atoms with Crippen molar-refractivity contribution in [1.82, 2.24) is 0 Å². The summed E-state index contributed by atoms with van der Waals surface area (Å²) in [6.07, 6.45) is 4.17. The summed E-state index contributed by atoms with van der Waals surface area (Å²) < 4.78 is 38.3. The predicted molar refractivity (Wildman–Crippen MR) is 102 cm³/mol. The van der Waals surface area contributed by atoms with E-state index in [9.17, 15) is 17.6 Å². The Kier molecular flexibility index (Phi) is 6.74. The van der Waals surface area contributed by atoms with Crippen LogP contribution in [0.15, 0.2) is 48.5 Å². The van der Waals surface area contributed by atoms with Crippen molar-refractivity contribution in [2.24, 2.45) is 0 Å². The largest absolute Gasteiger partial charge is 0.325 e. The number of nitrogens with one attached hydrogen (secondary N) is 1. The lowest BCUT2D eigenvalue weighted by Crippen LogP contribution is -2.37. The maximum Gasteiger partial charge on any atom is 0.245 e. The zero-order valence-corrected chi connectivity index (χ0v) is 15.7. The van der Waals surface area contributed by atoms with Gasteiger partial charge in [-0.2, -0.15) is 0 Å². The average molecular weight is 378 g/mol. The van der Waals surface area contributed by atoms with Crippen LogP contribution in [0.4, 0.5) is 15.8 Å². The summed E-state index contributed by atoms with van der Waals surface area (Å²) in [6, 6.07) is 12.6. The fraction of sp³-hybridized carbons (Fsp3) is 0.316. The van der Waals surface area contributed by atoms with Gasteiger partial charge in [-0.1, -0.05) is 31.5 Å². The predicted octanol–water partition coefficient (Wildman–Crippen LogP) is 3.57. The van der Waals surface area contributed by atoms with Gasteiger partial charge in [0.25, 0.3) is 0 Å². The number of benzene rings is 2. The molecule has 2 rings (SSSR count). The Balaban J connectivity index is 2.08. The van der Waals surface area contributed by atoms with Gasteiger partial charge in [-0.15, -0.1) is 0 Å². The number of hydrogen-bond donors (Lipinski definition) is 1.